The summed E-state index contributed by atoms with van der Waals surface area (Å²) in [7, 11) is 1.57. The molecular weight excluding hydrogens is 640 g/mol. The zero-order valence-corrected chi connectivity index (χ0v) is 32.0. The van der Waals surface area contributed by atoms with Gasteiger partial charge in [-0.05, 0) is 70.6 Å². The topological polar surface area (TPSA) is 142 Å². The van der Waals surface area contributed by atoms with E-state index in [9.17, 15) is 24.9 Å². The number of aliphatic hydroxyl groups excluding tert-OH is 2. The smallest absolute Gasteiger partial charge is 0.410 e. The monoisotopic (exact) mass is 706 g/mol. The fourth-order valence-corrected chi connectivity index (χ4v) is 7.04. The number of cyclic esters (lactones) is 1. The first-order chi connectivity index (χ1) is 23.5. The molecule has 50 heavy (non-hydrogen) atoms. The lowest BCUT2D eigenvalue weighted by Crippen LogP contribution is -2.47. The number of ether oxygens (including phenoxy) is 4. The van der Waals surface area contributed by atoms with Gasteiger partial charge in [0.15, 0.2) is 6.10 Å². The summed E-state index contributed by atoms with van der Waals surface area (Å²) in [5, 5.41) is 32.0. The minimum Gasteiger partial charge on any atom is -0.457 e. The second kappa shape index (κ2) is 19.0. The van der Waals surface area contributed by atoms with Crippen LogP contribution in [0.5, 0.6) is 0 Å². The first-order valence-corrected chi connectivity index (χ1v) is 18.7. The molecule has 3 heterocycles. The molecule has 3 aliphatic heterocycles. The molecule has 11 nitrogen and oxygen atoms in total. The van der Waals surface area contributed by atoms with Crippen LogP contribution >= 0.6 is 0 Å². The van der Waals surface area contributed by atoms with Crippen LogP contribution in [0.3, 0.4) is 0 Å². The Kier molecular flexibility index (Phi) is 16.0. The summed E-state index contributed by atoms with van der Waals surface area (Å²) < 4.78 is 23.8. The highest BCUT2D eigenvalue weighted by molar-refractivity contribution is 5.70. The fourth-order valence-electron chi connectivity index (χ4n) is 7.04. The Hall–Kier alpha value is -2.28. The quantitative estimate of drug-likeness (QED) is 0.110. The number of carbonyl (C=O) groups is 2. The molecule has 0 aromatic carbocycles. The van der Waals surface area contributed by atoms with Gasteiger partial charge in [0.1, 0.15) is 11.7 Å². The van der Waals surface area contributed by atoms with Crippen LogP contribution in [-0.4, -0.2) is 125 Å². The van der Waals surface area contributed by atoms with Gasteiger partial charge in [0.2, 0.25) is 0 Å². The van der Waals surface area contributed by atoms with Crippen LogP contribution in [0.15, 0.2) is 36.0 Å². The Bertz CT molecular complexity index is 1190. The molecule has 286 valence electrons. The molecule has 11 heteroatoms. The van der Waals surface area contributed by atoms with E-state index in [1.807, 2.05) is 52.8 Å². The third kappa shape index (κ3) is 12.7. The summed E-state index contributed by atoms with van der Waals surface area (Å²) in [5.41, 5.74) is -1.35. The zero-order chi connectivity index (χ0) is 37.2. The van der Waals surface area contributed by atoms with Crippen molar-refractivity contribution in [2.24, 2.45) is 17.8 Å². The van der Waals surface area contributed by atoms with E-state index in [1.165, 1.54) is 0 Å². The minimum absolute atomic E-state index is 0.00419. The number of nitrogens with zero attached hydrogens (tertiary/aromatic N) is 2. The molecule has 3 rings (SSSR count). The summed E-state index contributed by atoms with van der Waals surface area (Å²) >= 11 is 0. The van der Waals surface area contributed by atoms with Gasteiger partial charge in [-0.15, -0.1) is 0 Å². The average Bonchev–Trinajstić information content (AvgIpc) is 3.85. The van der Waals surface area contributed by atoms with Crippen molar-refractivity contribution >= 4 is 12.1 Å². The SMILES string of the molecule is CCC(O)C(C)C1OC1CC(C)(O)/C=C/C=C(\C)C1OC(=O)CC(O)CCC(C)(OC)C(OC(=O)N2CCCN(CC(C)C)CC2)/C=C\C1C. The second-order valence-electron chi connectivity index (χ2n) is 15.7. The van der Waals surface area contributed by atoms with Gasteiger partial charge in [0.25, 0.3) is 0 Å². The van der Waals surface area contributed by atoms with Crippen LogP contribution in [0.2, 0.25) is 0 Å². The molecule has 10 unspecified atom stereocenters. The maximum atomic E-state index is 13.6. The van der Waals surface area contributed by atoms with Crippen LogP contribution in [0.25, 0.3) is 0 Å². The Morgan fingerprint density at radius 1 is 1.20 bits per heavy atom. The van der Waals surface area contributed by atoms with Crippen LogP contribution < -0.4 is 0 Å². The first-order valence-electron chi connectivity index (χ1n) is 18.7. The molecular formula is C39H66N2O9. The summed E-state index contributed by atoms with van der Waals surface area (Å²) in [4.78, 5) is 30.7. The molecule has 2 fully saturated rings. The normalized spacial score (nSPS) is 33.8. The lowest BCUT2D eigenvalue weighted by molar-refractivity contribution is -0.151. The molecule has 0 bridgehead atoms. The third-order valence-corrected chi connectivity index (χ3v) is 10.5. The Morgan fingerprint density at radius 2 is 1.92 bits per heavy atom. The van der Waals surface area contributed by atoms with E-state index < -0.39 is 47.7 Å². The van der Waals surface area contributed by atoms with Gasteiger partial charge in [-0.25, -0.2) is 4.79 Å². The molecule has 0 spiro atoms. The maximum Gasteiger partial charge on any atom is 0.410 e. The van der Waals surface area contributed by atoms with Crippen molar-refractivity contribution in [3.63, 3.8) is 0 Å². The number of hydrogen-bond donors (Lipinski definition) is 3. The lowest BCUT2D eigenvalue weighted by atomic mass is 9.88. The molecule has 3 N–H and O–H groups in total. The number of epoxide rings is 1. The van der Waals surface area contributed by atoms with E-state index in [0.717, 1.165) is 31.6 Å². The molecule has 0 aliphatic carbocycles. The first kappa shape index (κ1) is 42.1. The molecule has 3 aliphatic rings. The summed E-state index contributed by atoms with van der Waals surface area (Å²) in [6.45, 7) is 19.6. The number of hydrogen-bond acceptors (Lipinski definition) is 10. The molecule has 2 saturated heterocycles. The summed E-state index contributed by atoms with van der Waals surface area (Å²) in [5.74, 6) is -0.288. The van der Waals surface area contributed by atoms with Crippen molar-refractivity contribution in [1.82, 2.24) is 9.80 Å². The second-order valence-corrected chi connectivity index (χ2v) is 15.7. The molecule has 0 aromatic rings. The van der Waals surface area contributed by atoms with E-state index >= 15 is 0 Å². The third-order valence-electron chi connectivity index (χ3n) is 10.5. The van der Waals surface area contributed by atoms with Gasteiger partial charge >= 0.3 is 12.1 Å². The summed E-state index contributed by atoms with van der Waals surface area (Å²) in [6.07, 6.45) is 7.90. The van der Waals surface area contributed by atoms with Gasteiger partial charge < -0.3 is 44.1 Å². The van der Waals surface area contributed by atoms with Gasteiger partial charge in [-0.3, -0.25) is 4.79 Å². The summed E-state index contributed by atoms with van der Waals surface area (Å²) in [6, 6.07) is 0. The van der Waals surface area contributed by atoms with E-state index in [0.29, 0.717) is 38.3 Å². The number of aliphatic hydroxyl groups is 3. The zero-order valence-electron chi connectivity index (χ0n) is 32.0. The number of rotatable bonds is 12. The fraction of sp³-hybridized carbons (Fsp3) is 0.795. The van der Waals surface area contributed by atoms with Gasteiger partial charge in [0.05, 0.1) is 36.4 Å². The van der Waals surface area contributed by atoms with Crippen molar-refractivity contribution in [2.75, 3.05) is 39.8 Å². The predicted octanol–water partition coefficient (Wildman–Crippen LogP) is 5.03. The number of methoxy groups -OCH3 is 1. The van der Waals surface area contributed by atoms with Crippen LogP contribution in [0.4, 0.5) is 4.79 Å². The van der Waals surface area contributed by atoms with Crippen LogP contribution in [0, 0.1) is 17.8 Å². The number of carbonyl (C=O) groups excluding carboxylic acids is 2. The molecule has 0 radical (unpaired) electrons. The van der Waals surface area contributed by atoms with Gasteiger partial charge in [-0.2, -0.15) is 0 Å². The van der Waals surface area contributed by atoms with Crippen molar-refractivity contribution in [1.29, 1.82) is 0 Å². The highest BCUT2D eigenvalue weighted by atomic mass is 16.6. The molecule has 0 saturated carbocycles. The average molecular weight is 707 g/mol. The van der Waals surface area contributed by atoms with Crippen molar-refractivity contribution < 1.29 is 43.9 Å². The van der Waals surface area contributed by atoms with Crippen LogP contribution in [0.1, 0.15) is 93.9 Å². The van der Waals surface area contributed by atoms with E-state index in [-0.39, 0.29) is 36.9 Å². The molecule has 1 amide bonds. The maximum absolute atomic E-state index is 13.6. The predicted molar refractivity (Wildman–Crippen MR) is 193 cm³/mol. The number of esters is 1. The largest absolute Gasteiger partial charge is 0.457 e. The Labute approximate surface area is 300 Å². The van der Waals surface area contributed by atoms with Crippen molar-refractivity contribution in [2.45, 2.75) is 142 Å². The van der Waals surface area contributed by atoms with Gasteiger partial charge in [-0.1, -0.05) is 58.9 Å². The van der Waals surface area contributed by atoms with E-state index in [1.54, 1.807) is 31.1 Å². The minimum atomic E-state index is -1.15. The van der Waals surface area contributed by atoms with Crippen LogP contribution in [-0.2, 0) is 23.7 Å². The number of amides is 1. The molecule has 10 atom stereocenters. The van der Waals surface area contributed by atoms with E-state index in [2.05, 4.69) is 18.7 Å². The Balaban J connectivity index is 1.77. The highest BCUT2D eigenvalue weighted by Gasteiger charge is 2.47. The molecule has 0 aromatic heterocycles. The standard InChI is InChI=1S/C39H66N2O9/c1-10-31(43)29(6)36-32(48-36)24-38(7,46)17-11-13-27(4)35-28(5)14-15-33(39(8,47-9)18-16-30(42)23-34(44)50-35)49-37(45)41-20-12-19-40(21-22-41)25-26(2)3/h11,13-15,17,26,28-33,35-36,42-43,46H,10,12,16,18-25H2,1-9H3/b15-14-,17-11+,27-13+. The van der Waals surface area contributed by atoms with E-state index in [4.69, 9.17) is 18.9 Å². The van der Waals surface area contributed by atoms with Crippen molar-refractivity contribution in [3.8, 4) is 0 Å². The van der Waals surface area contributed by atoms with Crippen molar-refractivity contribution in [3.05, 3.63) is 36.0 Å². The van der Waals surface area contributed by atoms with Gasteiger partial charge in [0, 0.05) is 51.5 Å². The Morgan fingerprint density at radius 3 is 2.58 bits per heavy atom. The number of allylic oxidation sites excluding steroid dienone is 2. The lowest BCUT2D eigenvalue weighted by Gasteiger charge is -2.37. The highest BCUT2D eigenvalue weighted by Crippen LogP contribution is 2.37.